The third-order valence-corrected chi connectivity index (χ3v) is 5.09. The Bertz CT molecular complexity index is 1210. The molecule has 0 spiro atoms. The molecule has 1 unspecified atom stereocenters. The third-order valence-electron chi connectivity index (χ3n) is 4.55. The summed E-state index contributed by atoms with van der Waals surface area (Å²) in [6.07, 6.45) is -0.109. The maximum Gasteiger partial charge on any atom is 0.306 e. The van der Waals surface area contributed by atoms with Crippen LogP contribution in [0, 0.1) is 0 Å². The number of aromatic hydroxyl groups is 1. The summed E-state index contributed by atoms with van der Waals surface area (Å²) in [4.78, 5) is 27.7. The van der Waals surface area contributed by atoms with Gasteiger partial charge < -0.3 is 14.8 Å². The Morgan fingerprint density at radius 3 is 2.89 bits per heavy atom. The summed E-state index contributed by atoms with van der Waals surface area (Å²) in [5.74, 6) is -1.26. The molecule has 0 fully saturated rings. The number of fused-ring (bicyclic) bond motifs is 2. The first-order chi connectivity index (χ1) is 13.1. The van der Waals surface area contributed by atoms with Crippen molar-refractivity contribution in [2.75, 3.05) is 7.11 Å². The number of aromatic amines is 1. The monoisotopic (exact) mass is 381 g/mol. The molecule has 0 bridgehead atoms. The van der Waals surface area contributed by atoms with Crippen LogP contribution in [0.1, 0.15) is 23.5 Å². The number of ether oxygens (including phenoxy) is 1. The van der Waals surface area contributed by atoms with Crippen LogP contribution >= 0.6 is 11.7 Å². The lowest BCUT2D eigenvalue weighted by Gasteiger charge is -2.18. The fourth-order valence-electron chi connectivity index (χ4n) is 3.24. The fourth-order valence-corrected chi connectivity index (χ4v) is 3.79. The minimum atomic E-state index is -0.724. The van der Waals surface area contributed by atoms with E-state index in [-0.39, 0.29) is 17.7 Å². The number of nitrogens with zero attached hydrogens (tertiary/aromatic N) is 2. The molecule has 4 rings (SSSR count). The van der Waals surface area contributed by atoms with Crippen molar-refractivity contribution in [3.8, 4) is 5.75 Å². The largest absolute Gasteiger partial charge is 0.508 e. The number of methoxy groups -OCH3 is 1. The summed E-state index contributed by atoms with van der Waals surface area (Å²) in [6.45, 7) is 0. The Hall–Kier alpha value is -3.26. The Labute approximate surface area is 157 Å². The van der Waals surface area contributed by atoms with E-state index in [0.717, 1.165) is 17.1 Å². The third kappa shape index (κ3) is 3.04. The Balaban J connectivity index is 1.99. The molecular weight excluding hydrogens is 366 g/mol. The molecule has 2 N–H and O–H groups in total. The van der Waals surface area contributed by atoms with Crippen LogP contribution in [0.25, 0.3) is 21.9 Å². The highest BCUT2D eigenvalue weighted by Gasteiger charge is 2.27. The van der Waals surface area contributed by atoms with E-state index in [4.69, 9.17) is 4.74 Å². The number of nitrogens with one attached hydrogen (secondary N) is 1. The Morgan fingerprint density at radius 2 is 2.07 bits per heavy atom. The molecule has 2 aromatic heterocycles. The molecule has 0 aliphatic rings. The van der Waals surface area contributed by atoms with Crippen LogP contribution in [0.15, 0.2) is 47.3 Å². The lowest BCUT2D eigenvalue weighted by Crippen LogP contribution is -2.20. The van der Waals surface area contributed by atoms with E-state index < -0.39 is 11.9 Å². The van der Waals surface area contributed by atoms with E-state index in [1.54, 1.807) is 18.2 Å². The second-order valence-electron chi connectivity index (χ2n) is 6.10. The van der Waals surface area contributed by atoms with Crippen LogP contribution in [0.3, 0.4) is 0 Å². The van der Waals surface area contributed by atoms with Gasteiger partial charge in [-0.15, -0.1) is 0 Å². The summed E-state index contributed by atoms with van der Waals surface area (Å²) < 4.78 is 13.3. The molecule has 8 heteroatoms. The van der Waals surface area contributed by atoms with Crippen LogP contribution in [0.4, 0.5) is 0 Å². The average Bonchev–Trinajstić information content (AvgIpc) is 3.14. The number of aromatic nitrogens is 3. The van der Waals surface area contributed by atoms with Crippen molar-refractivity contribution in [2.45, 2.75) is 12.3 Å². The fraction of sp³-hybridized carbons (Fsp3) is 0.158. The van der Waals surface area contributed by atoms with Gasteiger partial charge in [0, 0.05) is 22.6 Å². The van der Waals surface area contributed by atoms with Gasteiger partial charge in [-0.25, -0.2) is 0 Å². The van der Waals surface area contributed by atoms with Crippen LogP contribution in [0.2, 0.25) is 0 Å². The minimum absolute atomic E-state index is 0.0448. The molecule has 27 heavy (non-hydrogen) atoms. The number of rotatable bonds is 4. The summed E-state index contributed by atoms with van der Waals surface area (Å²) in [7, 11) is 1.29. The number of H-pyrrole nitrogens is 1. The van der Waals surface area contributed by atoms with Crippen molar-refractivity contribution in [3.05, 3.63) is 63.9 Å². The molecule has 1 atom stereocenters. The molecule has 2 aromatic carbocycles. The predicted molar refractivity (Wildman–Crippen MR) is 102 cm³/mol. The van der Waals surface area contributed by atoms with Gasteiger partial charge in [-0.2, -0.15) is 8.75 Å². The molecule has 0 radical (unpaired) electrons. The molecule has 0 amide bonds. The highest BCUT2D eigenvalue weighted by Crippen LogP contribution is 2.38. The van der Waals surface area contributed by atoms with E-state index >= 15 is 0 Å². The number of pyridine rings is 1. The number of para-hydroxylation sites is 1. The summed E-state index contributed by atoms with van der Waals surface area (Å²) in [5.41, 5.74) is 2.19. The predicted octanol–water partition coefficient (Wildman–Crippen LogP) is 2.93. The molecule has 136 valence electrons. The zero-order valence-electron chi connectivity index (χ0n) is 14.3. The number of carbonyl (C=O) groups is 1. The lowest BCUT2D eigenvalue weighted by atomic mass is 9.87. The smallest absolute Gasteiger partial charge is 0.306 e. The number of hydrogen-bond donors (Lipinski definition) is 2. The zero-order valence-corrected chi connectivity index (χ0v) is 15.1. The number of phenols is 1. The first-order valence-electron chi connectivity index (χ1n) is 8.21. The average molecular weight is 381 g/mol. The standard InChI is InChI=1S/C19H15N3O4S/c1-26-16(24)9-11(17-15(23)7-6-14-18(17)22-27-21-14)12-8-10-4-2-3-5-13(10)20-19(12)25/h2-8,11,23H,9H2,1H3,(H,20,25). The van der Waals surface area contributed by atoms with E-state index in [9.17, 15) is 14.7 Å². The second kappa shape index (κ2) is 6.81. The van der Waals surface area contributed by atoms with Crippen molar-refractivity contribution in [1.29, 1.82) is 0 Å². The van der Waals surface area contributed by atoms with E-state index in [1.165, 1.54) is 13.2 Å². The van der Waals surface area contributed by atoms with Gasteiger partial charge in [0.25, 0.3) is 5.56 Å². The number of benzene rings is 2. The second-order valence-corrected chi connectivity index (χ2v) is 6.63. The minimum Gasteiger partial charge on any atom is -0.508 e. The van der Waals surface area contributed by atoms with Crippen molar-refractivity contribution in [2.24, 2.45) is 0 Å². The highest BCUT2D eigenvalue weighted by molar-refractivity contribution is 7.00. The van der Waals surface area contributed by atoms with E-state index in [2.05, 4.69) is 13.7 Å². The van der Waals surface area contributed by atoms with Gasteiger partial charge in [0.15, 0.2) is 0 Å². The van der Waals surface area contributed by atoms with Crippen molar-refractivity contribution in [3.63, 3.8) is 0 Å². The van der Waals surface area contributed by atoms with Gasteiger partial charge in [-0.1, -0.05) is 18.2 Å². The van der Waals surface area contributed by atoms with E-state index in [0.29, 0.717) is 27.7 Å². The Kier molecular flexibility index (Phi) is 4.33. The first kappa shape index (κ1) is 17.2. The first-order valence-corrected chi connectivity index (χ1v) is 8.94. The SMILES string of the molecule is COC(=O)CC(c1cc2ccccc2[nH]c1=O)c1c(O)ccc2nsnc12. The van der Waals surface area contributed by atoms with Gasteiger partial charge >= 0.3 is 5.97 Å². The van der Waals surface area contributed by atoms with Crippen LogP contribution < -0.4 is 5.56 Å². The molecule has 7 nitrogen and oxygen atoms in total. The normalized spacial score (nSPS) is 12.3. The molecule has 0 aliphatic heterocycles. The highest BCUT2D eigenvalue weighted by atomic mass is 32.1. The van der Waals surface area contributed by atoms with Crippen molar-refractivity contribution < 1.29 is 14.6 Å². The molecule has 2 heterocycles. The molecule has 0 aliphatic carbocycles. The number of carbonyl (C=O) groups excluding carboxylic acids is 1. The lowest BCUT2D eigenvalue weighted by molar-refractivity contribution is -0.140. The zero-order chi connectivity index (χ0) is 19.0. The maximum atomic E-state index is 12.8. The van der Waals surface area contributed by atoms with Crippen LogP contribution in [0.5, 0.6) is 5.75 Å². The van der Waals surface area contributed by atoms with Crippen LogP contribution in [-0.2, 0) is 9.53 Å². The Morgan fingerprint density at radius 1 is 1.26 bits per heavy atom. The van der Waals surface area contributed by atoms with Crippen molar-refractivity contribution >= 4 is 39.6 Å². The number of phenolic OH excluding ortho intramolecular Hbond substituents is 1. The molecule has 0 saturated heterocycles. The van der Waals surface area contributed by atoms with Crippen LogP contribution in [-0.4, -0.2) is 31.9 Å². The maximum absolute atomic E-state index is 12.8. The number of hydrogen-bond acceptors (Lipinski definition) is 7. The van der Waals surface area contributed by atoms with E-state index in [1.807, 2.05) is 18.2 Å². The van der Waals surface area contributed by atoms with Gasteiger partial charge in [0.1, 0.15) is 16.8 Å². The number of esters is 1. The van der Waals surface area contributed by atoms with Gasteiger partial charge in [0.2, 0.25) is 0 Å². The van der Waals surface area contributed by atoms with Crippen molar-refractivity contribution in [1.82, 2.24) is 13.7 Å². The summed E-state index contributed by atoms with van der Waals surface area (Å²) in [6, 6.07) is 12.3. The van der Waals surface area contributed by atoms with Gasteiger partial charge in [-0.05, 0) is 29.7 Å². The quantitative estimate of drug-likeness (QED) is 0.527. The molecule has 0 saturated carbocycles. The van der Waals surface area contributed by atoms with Gasteiger partial charge in [-0.3, -0.25) is 9.59 Å². The summed E-state index contributed by atoms with van der Waals surface area (Å²) >= 11 is 1.01. The topological polar surface area (TPSA) is 105 Å². The molecule has 4 aromatic rings. The van der Waals surface area contributed by atoms with Gasteiger partial charge in [0.05, 0.1) is 25.3 Å². The molecular formula is C19H15N3O4S. The summed E-state index contributed by atoms with van der Waals surface area (Å²) in [5, 5.41) is 11.3.